The molecular formula is C25H27N5O3. The van der Waals surface area contributed by atoms with Crippen LogP contribution in [-0.4, -0.2) is 28.9 Å². The zero-order valence-electron chi connectivity index (χ0n) is 18.9. The molecule has 8 nitrogen and oxygen atoms in total. The second kappa shape index (κ2) is 9.68. The summed E-state index contributed by atoms with van der Waals surface area (Å²) >= 11 is 0. The maximum absolute atomic E-state index is 13.3. The van der Waals surface area contributed by atoms with E-state index in [2.05, 4.69) is 20.8 Å². The van der Waals surface area contributed by atoms with E-state index >= 15 is 0 Å². The summed E-state index contributed by atoms with van der Waals surface area (Å²) in [5, 5.41) is 0. The molecule has 1 aromatic heterocycles. The van der Waals surface area contributed by atoms with Crippen LogP contribution < -0.4 is 20.5 Å². The van der Waals surface area contributed by atoms with E-state index in [1.54, 1.807) is 12.0 Å². The lowest BCUT2D eigenvalue weighted by Gasteiger charge is -2.40. The molecular weight excluding hydrogens is 418 g/mol. The van der Waals surface area contributed by atoms with Crippen LogP contribution in [-0.2, 0) is 9.59 Å². The van der Waals surface area contributed by atoms with Crippen molar-refractivity contribution in [2.45, 2.75) is 32.7 Å². The van der Waals surface area contributed by atoms with Crippen molar-refractivity contribution in [3.63, 3.8) is 0 Å². The van der Waals surface area contributed by atoms with Crippen LogP contribution in [0.2, 0.25) is 0 Å². The van der Waals surface area contributed by atoms with Gasteiger partial charge in [0.2, 0.25) is 17.8 Å². The second-order valence-electron chi connectivity index (χ2n) is 8.05. The molecule has 0 aliphatic carbocycles. The Morgan fingerprint density at radius 2 is 1.70 bits per heavy atom. The molecule has 2 N–H and O–H groups in total. The van der Waals surface area contributed by atoms with Crippen molar-refractivity contribution in [1.29, 1.82) is 0 Å². The van der Waals surface area contributed by atoms with Crippen LogP contribution >= 0.6 is 0 Å². The molecule has 2 amide bonds. The molecule has 1 fully saturated rings. The Hall–Kier alpha value is -3.94. The lowest BCUT2D eigenvalue weighted by Crippen LogP contribution is -2.49. The fourth-order valence-electron chi connectivity index (χ4n) is 4.24. The van der Waals surface area contributed by atoms with Gasteiger partial charge in [-0.1, -0.05) is 30.3 Å². The predicted molar refractivity (Wildman–Crippen MR) is 126 cm³/mol. The lowest BCUT2D eigenvalue weighted by molar-refractivity contribution is -0.129. The molecule has 170 valence electrons. The Morgan fingerprint density at radius 1 is 1.03 bits per heavy atom. The zero-order chi connectivity index (χ0) is 23.4. The van der Waals surface area contributed by atoms with Gasteiger partial charge in [-0.2, -0.15) is 0 Å². The van der Waals surface area contributed by atoms with Gasteiger partial charge in [0.1, 0.15) is 5.75 Å². The van der Waals surface area contributed by atoms with Crippen molar-refractivity contribution >= 4 is 23.5 Å². The van der Waals surface area contributed by atoms with E-state index in [-0.39, 0.29) is 18.2 Å². The van der Waals surface area contributed by atoms with Crippen molar-refractivity contribution in [3.05, 3.63) is 77.6 Å². The maximum Gasteiger partial charge on any atom is 0.243 e. The number of nitrogens with one attached hydrogen (secondary N) is 2. The fourth-order valence-corrected chi connectivity index (χ4v) is 4.24. The number of hydrogen-bond acceptors (Lipinski definition) is 6. The number of amides is 2. The number of rotatable bonds is 6. The molecule has 8 heteroatoms. The minimum Gasteiger partial charge on any atom is -0.497 e. The SMILES string of the molecule is COc1ccc(N2C(=O)CC[C@H](C(=O)NNc3nc(C)cc(C)n3)[C@@H]2c2ccccc2)cc1. The third-order valence-electron chi connectivity index (χ3n) is 5.71. The Balaban J connectivity index is 1.63. The molecule has 0 unspecified atom stereocenters. The maximum atomic E-state index is 13.3. The summed E-state index contributed by atoms with van der Waals surface area (Å²) in [5.41, 5.74) is 8.81. The van der Waals surface area contributed by atoms with Gasteiger partial charge in [0.15, 0.2) is 0 Å². The Labute approximate surface area is 193 Å². The second-order valence-corrected chi connectivity index (χ2v) is 8.05. The van der Waals surface area contributed by atoms with Gasteiger partial charge < -0.3 is 9.64 Å². The number of methoxy groups -OCH3 is 1. The number of aryl methyl sites for hydroxylation is 2. The first-order valence-corrected chi connectivity index (χ1v) is 10.9. The summed E-state index contributed by atoms with van der Waals surface area (Å²) in [6, 6.07) is 18.3. The van der Waals surface area contributed by atoms with Crippen molar-refractivity contribution in [3.8, 4) is 5.75 Å². The number of benzene rings is 2. The Morgan fingerprint density at radius 3 is 2.33 bits per heavy atom. The molecule has 2 aromatic carbocycles. The third-order valence-corrected chi connectivity index (χ3v) is 5.71. The van der Waals surface area contributed by atoms with E-state index in [0.29, 0.717) is 18.1 Å². The molecule has 0 bridgehead atoms. The molecule has 0 saturated carbocycles. The van der Waals surface area contributed by atoms with Crippen LogP contribution in [0.4, 0.5) is 11.6 Å². The Bertz CT molecular complexity index is 1110. The van der Waals surface area contributed by atoms with Crippen molar-refractivity contribution in [2.75, 3.05) is 17.4 Å². The number of ether oxygens (including phenoxy) is 1. The summed E-state index contributed by atoms with van der Waals surface area (Å²) in [6.45, 7) is 3.74. The van der Waals surface area contributed by atoms with Crippen LogP contribution in [0.25, 0.3) is 0 Å². The number of hydrogen-bond donors (Lipinski definition) is 2. The predicted octanol–water partition coefficient (Wildman–Crippen LogP) is 3.73. The topological polar surface area (TPSA) is 96.5 Å². The average Bonchev–Trinajstić information content (AvgIpc) is 2.82. The normalized spacial score (nSPS) is 18.0. The first-order chi connectivity index (χ1) is 16.0. The van der Waals surface area contributed by atoms with E-state index in [1.165, 1.54) is 0 Å². The van der Waals surface area contributed by atoms with Gasteiger partial charge in [0.05, 0.1) is 19.1 Å². The van der Waals surface area contributed by atoms with Crippen LogP contribution in [0.1, 0.15) is 35.8 Å². The van der Waals surface area contributed by atoms with E-state index in [4.69, 9.17) is 4.74 Å². The number of carbonyl (C=O) groups is 2. The van der Waals surface area contributed by atoms with Crippen molar-refractivity contribution < 1.29 is 14.3 Å². The van der Waals surface area contributed by atoms with Crippen LogP contribution in [0.3, 0.4) is 0 Å². The summed E-state index contributed by atoms with van der Waals surface area (Å²) in [4.78, 5) is 36.7. The van der Waals surface area contributed by atoms with Gasteiger partial charge in [-0.05, 0) is 56.2 Å². The van der Waals surface area contributed by atoms with Gasteiger partial charge in [0.25, 0.3) is 0 Å². The third kappa shape index (κ3) is 4.95. The monoisotopic (exact) mass is 445 g/mol. The van der Waals surface area contributed by atoms with Gasteiger partial charge in [-0.3, -0.25) is 20.4 Å². The molecule has 1 aliphatic heterocycles. The number of anilines is 2. The summed E-state index contributed by atoms with van der Waals surface area (Å²) in [6.07, 6.45) is 0.708. The van der Waals surface area contributed by atoms with E-state index in [1.807, 2.05) is 74.5 Å². The molecule has 1 saturated heterocycles. The highest BCUT2D eigenvalue weighted by molar-refractivity contribution is 5.97. The molecule has 2 heterocycles. The molecule has 4 rings (SSSR count). The first kappa shape index (κ1) is 22.3. The zero-order valence-corrected chi connectivity index (χ0v) is 18.9. The Kier molecular flexibility index (Phi) is 6.53. The van der Waals surface area contributed by atoms with Gasteiger partial charge in [-0.15, -0.1) is 0 Å². The summed E-state index contributed by atoms with van der Waals surface area (Å²) in [7, 11) is 1.60. The number of carbonyl (C=O) groups excluding carboxylic acids is 2. The molecule has 1 aliphatic rings. The molecule has 33 heavy (non-hydrogen) atoms. The molecule has 2 atom stereocenters. The van der Waals surface area contributed by atoms with E-state index in [9.17, 15) is 9.59 Å². The number of hydrazine groups is 1. The van der Waals surface area contributed by atoms with Crippen LogP contribution in [0.15, 0.2) is 60.7 Å². The highest BCUT2D eigenvalue weighted by atomic mass is 16.5. The fraction of sp³-hybridized carbons (Fsp3) is 0.280. The number of nitrogens with zero attached hydrogens (tertiary/aromatic N) is 3. The summed E-state index contributed by atoms with van der Waals surface area (Å²) in [5.74, 6) is 0.314. The minimum atomic E-state index is -0.467. The largest absolute Gasteiger partial charge is 0.497 e. The first-order valence-electron chi connectivity index (χ1n) is 10.9. The van der Waals surface area contributed by atoms with Gasteiger partial charge in [-0.25, -0.2) is 9.97 Å². The molecule has 3 aromatic rings. The smallest absolute Gasteiger partial charge is 0.243 e. The quantitative estimate of drug-likeness (QED) is 0.561. The van der Waals surface area contributed by atoms with Crippen LogP contribution in [0.5, 0.6) is 5.75 Å². The van der Waals surface area contributed by atoms with Gasteiger partial charge >= 0.3 is 0 Å². The van der Waals surface area contributed by atoms with Crippen LogP contribution in [0, 0.1) is 19.8 Å². The molecule has 0 radical (unpaired) electrons. The minimum absolute atomic E-state index is 0.0244. The van der Waals surface area contributed by atoms with Crippen molar-refractivity contribution in [2.24, 2.45) is 5.92 Å². The highest BCUT2D eigenvalue weighted by Crippen LogP contribution is 2.40. The summed E-state index contributed by atoms with van der Waals surface area (Å²) < 4.78 is 5.26. The number of piperidine rings is 1. The number of aromatic nitrogens is 2. The van der Waals surface area contributed by atoms with Gasteiger partial charge in [0, 0.05) is 23.5 Å². The van der Waals surface area contributed by atoms with E-state index in [0.717, 1.165) is 22.6 Å². The average molecular weight is 446 g/mol. The standard InChI is InChI=1S/C25H27N5O3/c1-16-15-17(2)27-25(26-16)29-28-24(32)21-13-14-22(31)30(19-9-11-20(33-3)12-10-19)23(21)18-7-5-4-6-8-18/h4-12,15,21,23H,13-14H2,1-3H3,(H,28,32)(H,26,27,29)/t21-,23-/m0/s1. The van der Waals surface area contributed by atoms with Crippen molar-refractivity contribution in [1.82, 2.24) is 15.4 Å². The lowest BCUT2D eigenvalue weighted by atomic mass is 9.83. The molecule has 0 spiro atoms. The highest BCUT2D eigenvalue weighted by Gasteiger charge is 2.41. The van der Waals surface area contributed by atoms with E-state index < -0.39 is 12.0 Å².